The fourth-order valence-corrected chi connectivity index (χ4v) is 5.08. The van der Waals surface area contributed by atoms with E-state index in [0.717, 1.165) is 17.0 Å². The van der Waals surface area contributed by atoms with Crippen molar-refractivity contribution in [2.45, 2.75) is 33.3 Å². The highest BCUT2D eigenvalue weighted by Gasteiger charge is 2.22. The number of anilines is 3. The van der Waals surface area contributed by atoms with Crippen molar-refractivity contribution in [1.29, 1.82) is 0 Å². The smallest absolute Gasteiger partial charge is 0.410 e. The van der Waals surface area contributed by atoms with E-state index < -0.39 is 23.5 Å². The van der Waals surface area contributed by atoms with E-state index in [1.807, 2.05) is 38.7 Å². The van der Waals surface area contributed by atoms with Crippen LogP contribution in [0.15, 0.2) is 36.0 Å². The molecule has 10 nitrogen and oxygen atoms in total. The van der Waals surface area contributed by atoms with Crippen LogP contribution < -0.4 is 15.5 Å². The molecule has 0 aliphatic rings. The highest BCUT2D eigenvalue weighted by molar-refractivity contribution is 7.14. The van der Waals surface area contributed by atoms with E-state index in [0.29, 0.717) is 25.5 Å². The van der Waals surface area contributed by atoms with Gasteiger partial charge in [-0.25, -0.2) is 14.8 Å². The maximum absolute atomic E-state index is 12.9. The van der Waals surface area contributed by atoms with Crippen LogP contribution in [0.4, 0.5) is 21.3 Å². The van der Waals surface area contributed by atoms with Crippen LogP contribution in [0.1, 0.15) is 48.5 Å². The second-order valence-corrected chi connectivity index (χ2v) is 11.7. The van der Waals surface area contributed by atoms with Crippen LogP contribution in [0.5, 0.6) is 0 Å². The number of carbonyl (C=O) groups is 3. The number of nitrogens with one attached hydrogen (secondary N) is 2. The molecular weight excluding hydrogens is 599 g/mol. The average molecular weight is 628 g/mol. The van der Waals surface area contributed by atoms with Gasteiger partial charge in [0.25, 0.3) is 11.8 Å². The fourth-order valence-electron chi connectivity index (χ4n) is 3.42. The van der Waals surface area contributed by atoms with E-state index in [4.69, 9.17) is 39.5 Å². The molecule has 0 unspecified atom stereocenters. The van der Waals surface area contributed by atoms with E-state index in [1.54, 1.807) is 19.3 Å². The van der Waals surface area contributed by atoms with Gasteiger partial charge in [0.05, 0.1) is 33.0 Å². The predicted molar refractivity (Wildman–Crippen MR) is 160 cm³/mol. The van der Waals surface area contributed by atoms with Gasteiger partial charge in [-0.1, -0.05) is 34.8 Å². The SMILES string of the molecule is CCN(CCN(C)C(=O)OC(C)(C)C)c1ccc(NC(=O)c2ncsc2NC(=O)c2c(Cl)cc(Cl)cc2Cl)nc1. The highest BCUT2D eigenvalue weighted by Crippen LogP contribution is 2.31. The van der Waals surface area contributed by atoms with Gasteiger partial charge in [0.1, 0.15) is 16.4 Å². The van der Waals surface area contributed by atoms with Crippen LogP contribution >= 0.6 is 46.1 Å². The Hall–Kier alpha value is -3.12. The van der Waals surface area contributed by atoms with Crippen molar-refractivity contribution in [2.75, 3.05) is 42.2 Å². The van der Waals surface area contributed by atoms with Gasteiger partial charge in [0.15, 0.2) is 5.69 Å². The highest BCUT2D eigenvalue weighted by atomic mass is 35.5. The van der Waals surface area contributed by atoms with Crippen molar-refractivity contribution < 1.29 is 19.1 Å². The van der Waals surface area contributed by atoms with Crippen LogP contribution in [0.3, 0.4) is 0 Å². The van der Waals surface area contributed by atoms with E-state index in [1.165, 1.54) is 22.5 Å². The zero-order valence-electron chi connectivity index (χ0n) is 22.5. The van der Waals surface area contributed by atoms with Crippen molar-refractivity contribution in [3.8, 4) is 0 Å². The largest absolute Gasteiger partial charge is 0.444 e. The molecule has 0 saturated carbocycles. The molecule has 40 heavy (non-hydrogen) atoms. The Morgan fingerprint density at radius 3 is 2.25 bits per heavy atom. The summed E-state index contributed by atoms with van der Waals surface area (Å²) in [6.07, 6.45) is 1.23. The van der Waals surface area contributed by atoms with Gasteiger partial charge >= 0.3 is 6.09 Å². The van der Waals surface area contributed by atoms with Crippen molar-refractivity contribution in [1.82, 2.24) is 14.9 Å². The van der Waals surface area contributed by atoms with Gasteiger partial charge in [0, 0.05) is 31.7 Å². The Bertz CT molecular complexity index is 1350. The number of hydrogen-bond acceptors (Lipinski definition) is 8. The molecule has 0 atom stereocenters. The van der Waals surface area contributed by atoms with Crippen LogP contribution in [-0.4, -0.2) is 65.1 Å². The quantitative estimate of drug-likeness (QED) is 0.271. The molecule has 3 aromatic rings. The summed E-state index contributed by atoms with van der Waals surface area (Å²) < 4.78 is 5.39. The molecule has 0 fully saturated rings. The Morgan fingerprint density at radius 2 is 1.68 bits per heavy atom. The van der Waals surface area contributed by atoms with E-state index in [9.17, 15) is 14.4 Å². The van der Waals surface area contributed by atoms with Gasteiger partial charge < -0.3 is 25.2 Å². The van der Waals surface area contributed by atoms with E-state index in [-0.39, 0.29) is 31.3 Å². The lowest BCUT2D eigenvalue weighted by Crippen LogP contribution is -2.39. The first kappa shape index (κ1) is 31.4. The Labute approximate surface area is 251 Å². The third-order valence-electron chi connectivity index (χ3n) is 5.39. The summed E-state index contributed by atoms with van der Waals surface area (Å²) in [6.45, 7) is 9.14. The van der Waals surface area contributed by atoms with Crippen LogP contribution in [0.25, 0.3) is 0 Å². The number of rotatable bonds is 9. The number of pyridine rings is 1. The predicted octanol–water partition coefficient (Wildman–Crippen LogP) is 6.70. The molecule has 1 aromatic carbocycles. The molecule has 214 valence electrons. The topological polar surface area (TPSA) is 117 Å². The number of halogens is 3. The standard InChI is InChI=1S/C26H29Cl3N6O4S/c1-6-35(10-9-34(5)25(38)39-26(2,3)4)16-7-8-19(30-13-16)32-23(37)21-24(40-14-31-21)33-22(36)20-17(28)11-15(27)12-18(20)29/h7-8,11-14H,6,9-10H2,1-5H3,(H,33,36)(H,30,32,37). The van der Waals surface area contributed by atoms with Gasteiger partial charge in [-0.15, -0.1) is 11.3 Å². The number of carbonyl (C=O) groups excluding carboxylic acids is 3. The van der Waals surface area contributed by atoms with Gasteiger partial charge in [0.2, 0.25) is 0 Å². The van der Waals surface area contributed by atoms with Gasteiger partial charge in [-0.3, -0.25) is 9.59 Å². The molecule has 0 bridgehead atoms. The van der Waals surface area contributed by atoms with Gasteiger partial charge in [-0.2, -0.15) is 0 Å². The van der Waals surface area contributed by atoms with Crippen molar-refractivity contribution in [3.05, 3.63) is 62.3 Å². The molecule has 14 heteroatoms. The number of amides is 3. The first-order valence-electron chi connectivity index (χ1n) is 12.1. The molecule has 3 amide bonds. The number of thiazole rings is 1. The first-order valence-corrected chi connectivity index (χ1v) is 14.2. The van der Waals surface area contributed by atoms with Crippen LogP contribution in [0, 0.1) is 0 Å². The lowest BCUT2D eigenvalue weighted by Gasteiger charge is -2.28. The second kappa shape index (κ2) is 13.5. The second-order valence-electron chi connectivity index (χ2n) is 9.57. The Kier molecular flexibility index (Phi) is 10.6. The normalized spacial score (nSPS) is 11.1. The molecule has 0 spiro atoms. The summed E-state index contributed by atoms with van der Waals surface area (Å²) in [5.41, 5.74) is 1.72. The molecule has 0 saturated heterocycles. The van der Waals surface area contributed by atoms with Crippen molar-refractivity contribution >= 4 is 80.6 Å². The summed E-state index contributed by atoms with van der Waals surface area (Å²) in [6, 6.07) is 6.27. The number of aromatic nitrogens is 2. The fraction of sp³-hybridized carbons (Fsp3) is 0.346. The molecule has 0 radical (unpaired) electrons. The Balaban J connectivity index is 1.62. The summed E-state index contributed by atoms with van der Waals surface area (Å²) in [5, 5.41) is 5.97. The number of likely N-dealkylation sites (N-methyl/N-ethyl adjacent to an activating group) is 2. The van der Waals surface area contributed by atoms with Crippen LogP contribution in [0.2, 0.25) is 15.1 Å². The number of benzene rings is 1. The molecule has 2 heterocycles. The zero-order chi connectivity index (χ0) is 29.6. The minimum Gasteiger partial charge on any atom is -0.444 e. The monoisotopic (exact) mass is 626 g/mol. The number of ether oxygens (including phenoxy) is 1. The lowest BCUT2D eigenvalue weighted by molar-refractivity contribution is 0.0303. The third-order valence-corrected chi connectivity index (χ3v) is 6.95. The average Bonchev–Trinajstić information content (AvgIpc) is 3.31. The molecule has 2 N–H and O–H groups in total. The van der Waals surface area contributed by atoms with Gasteiger partial charge in [-0.05, 0) is 52.0 Å². The number of hydrogen-bond donors (Lipinski definition) is 2. The summed E-state index contributed by atoms with van der Waals surface area (Å²) in [7, 11) is 1.69. The summed E-state index contributed by atoms with van der Waals surface area (Å²) in [5.74, 6) is -0.870. The van der Waals surface area contributed by atoms with Crippen molar-refractivity contribution in [3.63, 3.8) is 0 Å². The maximum atomic E-state index is 12.9. The lowest BCUT2D eigenvalue weighted by atomic mass is 10.2. The summed E-state index contributed by atoms with van der Waals surface area (Å²) >= 11 is 19.3. The first-order chi connectivity index (χ1) is 18.8. The maximum Gasteiger partial charge on any atom is 0.410 e. The molecule has 2 aromatic heterocycles. The minimum atomic E-state index is -0.607. The van der Waals surface area contributed by atoms with E-state index >= 15 is 0 Å². The molecule has 0 aliphatic carbocycles. The Morgan fingerprint density at radius 1 is 1.00 bits per heavy atom. The molecular formula is C26H29Cl3N6O4S. The van der Waals surface area contributed by atoms with E-state index in [2.05, 4.69) is 20.6 Å². The van der Waals surface area contributed by atoms with Crippen molar-refractivity contribution in [2.24, 2.45) is 0 Å². The van der Waals surface area contributed by atoms with Crippen LogP contribution in [-0.2, 0) is 4.74 Å². The molecule has 3 rings (SSSR count). The third kappa shape index (κ3) is 8.44. The minimum absolute atomic E-state index is 0.00537. The number of nitrogens with zero attached hydrogens (tertiary/aromatic N) is 4. The zero-order valence-corrected chi connectivity index (χ0v) is 25.6. The molecule has 0 aliphatic heterocycles. The summed E-state index contributed by atoms with van der Waals surface area (Å²) in [4.78, 5) is 49.9.